The van der Waals surface area contributed by atoms with Crippen molar-refractivity contribution in [3.8, 4) is 0 Å². The largest absolute Gasteiger partial charge is 0.305 e. The molecule has 0 aromatic rings. The van der Waals surface area contributed by atoms with Gasteiger partial charge in [-0.15, -0.1) is 0 Å². The van der Waals surface area contributed by atoms with Crippen LogP contribution in [0.15, 0.2) is 12.2 Å². The first-order chi connectivity index (χ1) is 3.18. The quantitative estimate of drug-likeness (QED) is 0.509. The van der Waals surface area contributed by atoms with Crippen LogP contribution in [0.3, 0.4) is 0 Å². The van der Waals surface area contributed by atoms with Crippen LogP contribution in [-0.4, -0.2) is 5.71 Å². The van der Waals surface area contributed by atoms with Crippen molar-refractivity contribution in [2.24, 2.45) is 0 Å². The summed E-state index contributed by atoms with van der Waals surface area (Å²) >= 11 is 0. The van der Waals surface area contributed by atoms with Gasteiger partial charge in [-0.05, 0) is 18.9 Å². The van der Waals surface area contributed by atoms with Gasteiger partial charge in [-0.3, -0.25) is 0 Å². The Morgan fingerprint density at radius 1 is 1.71 bits per heavy atom. The van der Waals surface area contributed by atoms with E-state index in [2.05, 4.69) is 6.58 Å². The molecule has 0 aromatic heterocycles. The summed E-state index contributed by atoms with van der Waals surface area (Å²) in [5.41, 5.74) is 1.53. The average molecular weight is 97.2 g/mol. The predicted octanol–water partition coefficient (Wildman–Crippen LogP) is 1.99. The first kappa shape index (κ1) is 6.41. The van der Waals surface area contributed by atoms with E-state index in [1.807, 2.05) is 13.8 Å². The molecule has 0 aliphatic carbocycles. The summed E-state index contributed by atoms with van der Waals surface area (Å²) in [4.78, 5) is 0. The molecular weight excluding hydrogens is 86.1 g/mol. The number of rotatable bonds is 2. The third-order valence-electron chi connectivity index (χ3n) is 0.869. The minimum atomic E-state index is 0.653. The van der Waals surface area contributed by atoms with Crippen LogP contribution in [-0.2, 0) is 0 Å². The molecule has 0 aromatic carbocycles. The molecule has 1 nitrogen and oxygen atoms in total. The third-order valence-corrected chi connectivity index (χ3v) is 0.869. The van der Waals surface area contributed by atoms with Gasteiger partial charge in [0.25, 0.3) is 0 Å². The molecule has 0 saturated heterocycles. The van der Waals surface area contributed by atoms with Crippen molar-refractivity contribution in [3.05, 3.63) is 12.2 Å². The van der Waals surface area contributed by atoms with Crippen LogP contribution in [0.25, 0.3) is 0 Å². The highest BCUT2D eigenvalue weighted by Crippen LogP contribution is 1.92. The number of allylic oxidation sites excluding steroid dienone is 1. The van der Waals surface area contributed by atoms with E-state index in [1.54, 1.807) is 0 Å². The smallest absolute Gasteiger partial charge is 0.0334 e. The maximum Gasteiger partial charge on any atom is 0.0334 e. The maximum absolute atomic E-state index is 7.09. The molecule has 1 N–H and O–H groups in total. The van der Waals surface area contributed by atoms with E-state index in [1.165, 1.54) is 0 Å². The number of nitrogens with one attached hydrogen (secondary N) is 1. The van der Waals surface area contributed by atoms with Crippen LogP contribution in [0.5, 0.6) is 0 Å². The Bertz CT molecular complexity index is 92.4. The van der Waals surface area contributed by atoms with Crippen LogP contribution in [0, 0.1) is 5.41 Å². The van der Waals surface area contributed by atoms with Gasteiger partial charge in [0.15, 0.2) is 0 Å². The zero-order chi connectivity index (χ0) is 5.86. The Hall–Kier alpha value is -0.590. The molecule has 0 bridgehead atoms. The van der Waals surface area contributed by atoms with Crippen LogP contribution < -0.4 is 0 Å². The highest BCUT2D eigenvalue weighted by atomic mass is 14.4. The molecule has 0 unspecified atom stereocenters. The molecule has 0 saturated carbocycles. The molecule has 0 spiro atoms. The zero-order valence-corrected chi connectivity index (χ0v) is 4.91. The van der Waals surface area contributed by atoms with Crippen LogP contribution in [0.1, 0.15) is 20.3 Å². The average Bonchev–Trinajstić information content (AvgIpc) is 1.65. The Balaban J connectivity index is 3.58. The SMILES string of the molecule is C=C(C)C(=N)CC. The topological polar surface area (TPSA) is 23.9 Å². The molecule has 0 radical (unpaired) electrons. The van der Waals surface area contributed by atoms with Crippen molar-refractivity contribution in [1.29, 1.82) is 5.41 Å². The van der Waals surface area contributed by atoms with E-state index < -0.39 is 0 Å². The summed E-state index contributed by atoms with van der Waals surface area (Å²) in [7, 11) is 0. The minimum Gasteiger partial charge on any atom is -0.305 e. The van der Waals surface area contributed by atoms with Crippen molar-refractivity contribution >= 4 is 5.71 Å². The van der Waals surface area contributed by atoms with Gasteiger partial charge in [-0.25, -0.2) is 0 Å². The Morgan fingerprint density at radius 3 is 2.14 bits per heavy atom. The van der Waals surface area contributed by atoms with E-state index in [9.17, 15) is 0 Å². The lowest BCUT2D eigenvalue weighted by Crippen LogP contribution is -1.91. The predicted molar refractivity (Wildman–Crippen MR) is 32.8 cm³/mol. The van der Waals surface area contributed by atoms with Gasteiger partial charge >= 0.3 is 0 Å². The minimum absolute atomic E-state index is 0.653. The Labute approximate surface area is 44.6 Å². The molecular formula is C6H11N. The van der Waals surface area contributed by atoms with E-state index in [4.69, 9.17) is 5.41 Å². The summed E-state index contributed by atoms with van der Waals surface area (Å²) in [6.07, 6.45) is 0.801. The van der Waals surface area contributed by atoms with E-state index in [0.29, 0.717) is 5.71 Å². The van der Waals surface area contributed by atoms with E-state index >= 15 is 0 Å². The van der Waals surface area contributed by atoms with Gasteiger partial charge in [0.2, 0.25) is 0 Å². The monoisotopic (exact) mass is 97.1 g/mol. The first-order valence-electron chi connectivity index (χ1n) is 2.41. The number of hydrogen-bond acceptors (Lipinski definition) is 1. The summed E-state index contributed by atoms with van der Waals surface area (Å²) in [6.45, 7) is 7.41. The Kier molecular flexibility index (Phi) is 2.34. The van der Waals surface area contributed by atoms with E-state index in [0.717, 1.165) is 12.0 Å². The van der Waals surface area contributed by atoms with Crippen molar-refractivity contribution in [2.75, 3.05) is 0 Å². The molecule has 0 aliphatic rings. The fourth-order valence-corrected chi connectivity index (χ4v) is 0.302. The van der Waals surface area contributed by atoms with Crippen LogP contribution >= 0.6 is 0 Å². The molecule has 7 heavy (non-hydrogen) atoms. The van der Waals surface area contributed by atoms with Crippen molar-refractivity contribution < 1.29 is 0 Å². The van der Waals surface area contributed by atoms with Gasteiger partial charge in [-0.1, -0.05) is 13.5 Å². The zero-order valence-electron chi connectivity index (χ0n) is 4.91. The Morgan fingerprint density at radius 2 is 2.14 bits per heavy atom. The highest BCUT2D eigenvalue weighted by Gasteiger charge is 1.88. The normalized spacial score (nSPS) is 8.29. The second-order valence-electron chi connectivity index (χ2n) is 1.61. The highest BCUT2D eigenvalue weighted by molar-refractivity contribution is 5.96. The summed E-state index contributed by atoms with van der Waals surface area (Å²) in [5.74, 6) is 0. The molecule has 0 atom stereocenters. The van der Waals surface area contributed by atoms with Gasteiger partial charge in [-0.2, -0.15) is 0 Å². The molecule has 0 aliphatic heterocycles. The second kappa shape index (κ2) is 2.56. The summed E-state index contributed by atoms with van der Waals surface area (Å²) in [5, 5.41) is 7.09. The van der Waals surface area contributed by atoms with Crippen molar-refractivity contribution in [1.82, 2.24) is 0 Å². The van der Waals surface area contributed by atoms with Gasteiger partial charge in [0, 0.05) is 5.71 Å². The van der Waals surface area contributed by atoms with Crippen LogP contribution in [0.2, 0.25) is 0 Å². The lowest BCUT2D eigenvalue weighted by Gasteiger charge is -1.92. The molecule has 0 fully saturated rings. The lowest BCUT2D eigenvalue weighted by atomic mass is 10.2. The van der Waals surface area contributed by atoms with Gasteiger partial charge in [0.1, 0.15) is 0 Å². The summed E-state index contributed by atoms with van der Waals surface area (Å²) < 4.78 is 0. The fraction of sp³-hybridized carbons (Fsp3) is 0.500. The second-order valence-corrected chi connectivity index (χ2v) is 1.61. The van der Waals surface area contributed by atoms with Crippen molar-refractivity contribution in [3.63, 3.8) is 0 Å². The van der Waals surface area contributed by atoms with E-state index in [-0.39, 0.29) is 0 Å². The molecule has 1 heteroatoms. The molecule has 0 heterocycles. The molecule has 0 amide bonds. The summed E-state index contributed by atoms with van der Waals surface area (Å²) in [6, 6.07) is 0. The lowest BCUT2D eigenvalue weighted by molar-refractivity contribution is 1.23. The molecule has 0 rings (SSSR count). The number of hydrogen-bond donors (Lipinski definition) is 1. The van der Waals surface area contributed by atoms with Crippen LogP contribution in [0.4, 0.5) is 0 Å². The fourth-order valence-electron chi connectivity index (χ4n) is 0.302. The van der Waals surface area contributed by atoms with Gasteiger partial charge in [0.05, 0.1) is 0 Å². The first-order valence-corrected chi connectivity index (χ1v) is 2.41. The standard InChI is InChI=1S/C6H11N/c1-4-6(7)5(2)3/h7H,2,4H2,1,3H3. The van der Waals surface area contributed by atoms with Gasteiger partial charge < -0.3 is 5.41 Å². The maximum atomic E-state index is 7.09. The third kappa shape index (κ3) is 2.15. The molecule has 40 valence electrons. The van der Waals surface area contributed by atoms with Crippen molar-refractivity contribution in [2.45, 2.75) is 20.3 Å².